The number of allylic oxidation sites excluding steroid dienone is 10. The van der Waals surface area contributed by atoms with Crippen molar-refractivity contribution in [2.24, 2.45) is 20.0 Å². The second-order valence-electron chi connectivity index (χ2n) is 13.6. The quantitative estimate of drug-likeness (QED) is 0.196. The van der Waals surface area contributed by atoms with Crippen LogP contribution in [0.25, 0.3) is 11.1 Å². The van der Waals surface area contributed by atoms with Crippen LogP contribution >= 0.6 is 53.4 Å². The fraction of sp³-hybridized carbons (Fsp3) is 0.184. The molecule has 6 heterocycles. The Morgan fingerprint density at radius 1 is 0.754 bits per heavy atom. The molecule has 2 aromatic rings. The largest absolute Gasteiger partial charge is 0.504 e. The summed E-state index contributed by atoms with van der Waals surface area (Å²) in [7, 11) is 2.74. The van der Waals surface area contributed by atoms with Gasteiger partial charge in [-0.15, -0.1) is 0 Å². The number of aliphatic imine (C=N–C) groups is 2. The number of hydrogen-bond donors (Lipinski definition) is 5. The van der Waals surface area contributed by atoms with Gasteiger partial charge in [0.25, 0.3) is 0 Å². The lowest BCUT2D eigenvalue weighted by Gasteiger charge is -2.39. The average Bonchev–Trinajstić information content (AvgIpc) is 3.82. The number of hydrogen-bond acceptors (Lipinski definition) is 13. The van der Waals surface area contributed by atoms with Crippen LogP contribution in [-0.4, -0.2) is 64.6 Å². The Kier molecular flexibility index (Phi) is 8.76. The zero-order valence-electron chi connectivity index (χ0n) is 28.7. The predicted molar refractivity (Wildman–Crippen MR) is 218 cm³/mol. The fourth-order valence-corrected chi connectivity index (χ4v) is 11.8. The second kappa shape index (κ2) is 13.3. The molecule has 10 rings (SSSR count). The van der Waals surface area contributed by atoms with E-state index >= 15 is 0 Å². The third kappa shape index (κ3) is 5.60. The van der Waals surface area contributed by atoms with Crippen molar-refractivity contribution in [2.45, 2.75) is 29.8 Å². The molecule has 19 heteroatoms. The number of carboxylic acid groups (broad SMARTS) is 1. The summed E-state index contributed by atoms with van der Waals surface area (Å²) in [5.74, 6) is -3.11. The summed E-state index contributed by atoms with van der Waals surface area (Å²) in [6.45, 7) is 1.14. The molecule has 12 nitrogen and oxygen atoms in total. The van der Waals surface area contributed by atoms with Crippen LogP contribution in [0.15, 0.2) is 87.6 Å². The van der Waals surface area contributed by atoms with Gasteiger partial charge in [-0.1, -0.05) is 21.6 Å². The molecular weight excluding hydrogens is 917 g/mol. The maximum absolute atomic E-state index is 13.4. The smallest absolute Gasteiger partial charge is 0.490 e. The number of aliphatic carboxylic acids is 1. The third-order valence-electron chi connectivity index (χ3n) is 10.4. The Balaban J connectivity index is 0.000000556. The molecule has 8 aliphatic rings. The van der Waals surface area contributed by atoms with Crippen LogP contribution in [0.3, 0.4) is 0 Å². The highest BCUT2D eigenvalue weighted by atomic mass is 79.9. The summed E-state index contributed by atoms with van der Waals surface area (Å²) in [5, 5.41) is 39.8. The Labute approximate surface area is 343 Å². The van der Waals surface area contributed by atoms with E-state index in [1.807, 2.05) is 24.3 Å². The molecule has 0 amide bonds. The standard InChI is InChI=1S/C36H22Br2N6O4S2.C2HF3O2/c37-17-11-35(3-7-41-31-25(35)27-23-15(1-5-39-27)13-43-29(23)33(31)47)21(9-19(17)45)49-50-22-10-20(46)18(38)12-36(22)4-8-42-32-26(36)28-24-16(2-6-40-28)14-44-30(24)34(32)48;3-2(4,5)1(6)7/h3-4,7-14,41-42,47-48H,1-2,5-6H2;(H,6,7)/t35-,36-;/m1./s1. The summed E-state index contributed by atoms with van der Waals surface area (Å²) in [6.07, 6.45) is 14.4. The van der Waals surface area contributed by atoms with Crippen LogP contribution in [0, 0.1) is 0 Å². The van der Waals surface area contributed by atoms with E-state index < -0.39 is 23.0 Å². The number of carboxylic acids is 1. The Hall–Kier alpha value is -4.98. The van der Waals surface area contributed by atoms with Gasteiger partial charge in [0, 0.05) is 56.9 Å². The zero-order valence-corrected chi connectivity index (χ0v) is 33.5. The third-order valence-corrected chi connectivity index (χ3v) is 14.4. The van der Waals surface area contributed by atoms with E-state index in [4.69, 9.17) is 19.9 Å². The van der Waals surface area contributed by atoms with E-state index in [0.717, 1.165) is 56.3 Å². The molecule has 5 N–H and O–H groups in total. The highest BCUT2D eigenvalue weighted by molar-refractivity contribution is 9.12. The highest BCUT2D eigenvalue weighted by Gasteiger charge is 2.47. The first-order valence-electron chi connectivity index (χ1n) is 17.0. The normalized spacial score (nSPS) is 23.8. The summed E-state index contributed by atoms with van der Waals surface area (Å²) >= 11 is 7.03. The lowest BCUT2D eigenvalue weighted by atomic mass is 9.73. The van der Waals surface area contributed by atoms with Crippen LogP contribution in [0.4, 0.5) is 35.9 Å². The maximum atomic E-state index is 13.4. The summed E-state index contributed by atoms with van der Waals surface area (Å²) in [4.78, 5) is 56.0. The van der Waals surface area contributed by atoms with Crippen molar-refractivity contribution in [1.82, 2.24) is 0 Å². The van der Waals surface area contributed by atoms with Crippen molar-refractivity contribution in [1.29, 1.82) is 0 Å². The minimum absolute atomic E-state index is 0.0282. The fourth-order valence-electron chi connectivity index (χ4n) is 7.96. The monoisotopic (exact) mass is 938 g/mol. The number of fused-ring (bicyclic) bond motifs is 6. The molecule has 0 saturated heterocycles. The van der Waals surface area contributed by atoms with Gasteiger partial charge >= 0.3 is 12.1 Å². The van der Waals surface area contributed by atoms with Crippen LogP contribution in [0.2, 0.25) is 0 Å². The van der Waals surface area contributed by atoms with E-state index in [2.05, 4.69) is 52.5 Å². The average molecular weight is 941 g/mol. The number of aromatic hydroxyl groups is 2. The van der Waals surface area contributed by atoms with Gasteiger partial charge in [0.1, 0.15) is 11.4 Å². The first kappa shape index (κ1) is 37.6. The van der Waals surface area contributed by atoms with E-state index in [9.17, 15) is 33.0 Å². The van der Waals surface area contributed by atoms with E-state index in [0.29, 0.717) is 54.6 Å². The van der Waals surface area contributed by atoms with E-state index in [1.54, 1.807) is 37.0 Å². The van der Waals surface area contributed by atoms with Crippen LogP contribution in [-0.2, 0) is 25.2 Å². The van der Waals surface area contributed by atoms with Crippen molar-refractivity contribution in [3.63, 3.8) is 0 Å². The minimum Gasteiger partial charge on any atom is -0.504 e. The van der Waals surface area contributed by atoms with Crippen molar-refractivity contribution >= 4 is 117 Å². The van der Waals surface area contributed by atoms with Crippen molar-refractivity contribution in [2.75, 3.05) is 23.7 Å². The van der Waals surface area contributed by atoms with Gasteiger partial charge in [0.2, 0.25) is 0 Å². The van der Waals surface area contributed by atoms with Crippen LogP contribution < -0.4 is 31.8 Å². The molecule has 2 aromatic carbocycles. The van der Waals surface area contributed by atoms with Gasteiger partial charge in [0.05, 0.1) is 41.9 Å². The molecule has 6 aliphatic heterocycles. The minimum atomic E-state index is -5.08. The molecule has 57 heavy (non-hydrogen) atoms. The van der Waals surface area contributed by atoms with E-state index in [-0.39, 0.29) is 23.1 Å². The van der Waals surface area contributed by atoms with Gasteiger partial charge < -0.3 is 26.0 Å². The van der Waals surface area contributed by atoms with Gasteiger partial charge in [0.15, 0.2) is 23.1 Å². The predicted octanol–water partition coefficient (Wildman–Crippen LogP) is 5.44. The number of nitrogens with zero attached hydrogens (tertiary/aromatic N) is 4. The molecule has 0 unspecified atom stereocenters. The number of phenolic OH excluding ortho intramolecular Hbond substituents is 2. The highest BCUT2D eigenvalue weighted by Crippen LogP contribution is 2.59. The second-order valence-corrected chi connectivity index (χ2v) is 17.5. The topological polar surface area (TPSA) is 185 Å². The molecule has 0 saturated carbocycles. The van der Waals surface area contributed by atoms with Gasteiger partial charge in [-0.2, -0.15) is 13.2 Å². The number of alkyl halides is 3. The lowest BCUT2D eigenvalue weighted by molar-refractivity contribution is -0.192. The number of ketones is 2. The number of benzene rings is 2. The van der Waals surface area contributed by atoms with Gasteiger partial charge in [-0.3, -0.25) is 29.6 Å². The first-order valence-corrected chi connectivity index (χ1v) is 20.7. The number of halogens is 5. The Bertz CT molecular complexity index is 2700. The zero-order chi connectivity index (χ0) is 40.2. The Morgan fingerprint density at radius 2 is 1.16 bits per heavy atom. The molecule has 0 radical (unpaired) electrons. The first-order chi connectivity index (χ1) is 27.2. The molecule has 0 fully saturated rings. The summed E-state index contributed by atoms with van der Waals surface area (Å²) < 4.78 is 32.5. The maximum Gasteiger partial charge on any atom is 0.490 e. The number of carbonyl (C=O) groups is 3. The number of rotatable bonds is 3. The molecular formula is C38H23Br2F3N6O6S2. The summed E-state index contributed by atoms with van der Waals surface area (Å²) in [6, 6.07) is 0. The lowest BCUT2D eigenvalue weighted by Crippen LogP contribution is -2.43. The van der Waals surface area contributed by atoms with Crippen molar-refractivity contribution < 1.29 is 42.9 Å². The van der Waals surface area contributed by atoms with Crippen molar-refractivity contribution in [3.8, 4) is 11.5 Å². The number of anilines is 2. The molecule has 0 aromatic heterocycles. The van der Waals surface area contributed by atoms with Gasteiger partial charge in [-0.05, 0) is 105 Å². The molecule has 2 spiro atoms. The molecule has 288 valence electrons. The summed E-state index contributed by atoms with van der Waals surface area (Å²) in [5.41, 5.74) is 3.47. The number of phenols is 2. The molecule has 0 bridgehead atoms. The Morgan fingerprint density at radius 3 is 1.54 bits per heavy atom. The van der Waals surface area contributed by atoms with Crippen LogP contribution in [0.5, 0.6) is 11.5 Å². The van der Waals surface area contributed by atoms with E-state index in [1.165, 1.54) is 21.6 Å². The molecule has 2 aliphatic carbocycles. The number of nitrogens with one attached hydrogen (secondary N) is 2. The number of carbonyl (C=O) groups excluding carboxylic acids is 2. The van der Waals surface area contributed by atoms with Crippen LogP contribution in [0.1, 0.15) is 24.0 Å². The SMILES string of the molecule is O=C(O)C(F)(F)F.O=C1C=C(SSC2=CC(=O)C(Br)=C[C@]23C=CNc2c(O)c4c5c(c23)=NCCC=5C=N4)[C@@]2(C=CNc3c(O)c4c5c(c32)=NCCC=5C=N4)C=C1Br. The van der Waals surface area contributed by atoms with Crippen molar-refractivity contribution in [3.05, 3.63) is 99.9 Å². The van der Waals surface area contributed by atoms with Gasteiger partial charge in [-0.25, -0.2) is 4.79 Å². The molecule has 2 atom stereocenters.